The molecule has 0 heterocycles. The molecule has 3 N–H and O–H groups in total. The van der Waals surface area contributed by atoms with E-state index in [1.54, 1.807) is 0 Å². The largest absolute Gasteiger partial charge is 0.449 e. The molecular weight excluding hydrogens is 290 g/mol. The molecule has 0 saturated heterocycles. The molecule has 0 saturated carbocycles. The molecule has 1 atom stereocenters. The van der Waals surface area contributed by atoms with Crippen LogP contribution in [-0.2, 0) is 9.53 Å². The number of nitrogens with one attached hydrogen (secondary N) is 1. The zero-order valence-electron chi connectivity index (χ0n) is 12.7. The number of carbonyl (C=O) groups is 2. The van der Waals surface area contributed by atoms with E-state index >= 15 is 0 Å². The lowest BCUT2D eigenvalue weighted by molar-refractivity contribution is -0.384. The second-order valence-corrected chi connectivity index (χ2v) is 5.22. The normalized spacial score (nSPS) is 11.8. The summed E-state index contributed by atoms with van der Waals surface area (Å²) >= 11 is 0. The number of esters is 1. The molecule has 1 amide bonds. The topological polar surface area (TPSA) is 125 Å². The maximum Gasteiger partial charge on any atom is 0.341 e. The molecule has 0 aliphatic carbocycles. The molecule has 0 spiro atoms. The Kier molecular flexibility index (Phi) is 5.85. The third-order valence-electron chi connectivity index (χ3n) is 2.80. The van der Waals surface area contributed by atoms with Crippen molar-refractivity contribution in [3.8, 4) is 0 Å². The van der Waals surface area contributed by atoms with Crippen LogP contribution in [-0.4, -0.2) is 29.4 Å². The number of nitrogens with zero attached hydrogens (tertiary/aromatic N) is 1. The lowest BCUT2D eigenvalue weighted by atomic mass is 10.1. The molecule has 120 valence electrons. The number of ether oxygens (including phenoxy) is 1. The van der Waals surface area contributed by atoms with Crippen molar-refractivity contribution in [3.63, 3.8) is 0 Å². The predicted molar refractivity (Wildman–Crippen MR) is 80.2 cm³/mol. The van der Waals surface area contributed by atoms with Crippen LogP contribution in [0.2, 0.25) is 0 Å². The Morgan fingerprint density at radius 2 is 2.00 bits per heavy atom. The number of rotatable bonds is 6. The number of nitro benzene ring substituents is 1. The summed E-state index contributed by atoms with van der Waals surface area (Å²) < 4.78 is 5.01. The number of hydrogen-bond acceptors (Lipinski definition) is 6. The number of anilines is 1. The van der Waals surface area contributed by atoms with Crippen LogP contribution in [0.1, 0.15) is 31.1 Å². The monoisotopic (exact) mass is 309 g/mol. The minimum absolute atomic E-state index is 0.0193. The molecule has 0 fully saturated rings. The van der Waals surface area contributed by atoms with Gasteiger partial charge in [-0.05, 0) is 18.9 Å². The summed E-state index contributed by atoms with van der Waals surface area (Å²) in [4.78, 5) is 33.7. The van der Waals surface area contributed by atoms with Crippen molar-refractivity contribution in [2.24, 2.45) is 5.92 Å². The Balaban J connectivity index is 2.72. The second-order valence-electron chi connectivity index (χ2n) is 5.22. The summed E-state index contributed by atoms with van der Waals surface area (Å²) in [5, 5.41) is 13.2. The first-order valence-corrected chi connectivity index (χ1v) is 6.75. The van der Waals surface area contributed by atoms with Crippen molar-refractivity contribution in [2.75, 3.05) is 12.3 Å². The average Bonchev–Trinajstić information content (AvgIpc) is 2.43. The van der Waals surface area contributed by atoms with Gasteiger partial charge in [0.2, 0.25) is 0 Å². The van der Waals surface area contributed by atoms with Crippen LogP contribution in [0.5, 0.6) is 0 Å². The molecule has 0 aliphatic rings. The maximum absolute atomic E-state index is 11.9. The van der Waals surface area contributed by atoms with Gasteiger partial charge in [-0.1, -0.05) is 13.8 Å². The fourth-order valence-corrected chi connectivity index (χ4v) is 1.58. The predicted octanol–water partition coefficient (Wildman–Crippen LogP) is 1.49. The summed E-state index contributed by atoms with van der Waals surface area (Å²) in [6, 6.07) is 3.42. The molecule has 1 aromatic carbocycles. The lowest BCUT2D eigenvalue weighted by Crippen LogP contribution is -2.37. The van der Waals surface area contributed by atoms with Crippen LogP contribution in [0.15, 0.2) is 18.2 Å². The number of non-ortho nitro benzene ring substituents is 1. The number of amides is 1. The highest BCUT2D eigenvalue weighted by molar-refractivity contribution is 5.97. The standard InChI is InChI=1S/C14H19N3O5/c1-8(2)7-16-13(18)9(3)22-14(19)11-5-4-10(17(20)21)6-12(11)15/h4-6,8-9H,7,15H2,1-3H3,(H,16,18)/t9-/m0/s1. The molecule has 0 bridgehead atoms. The van der Waals surface area contributed by atoms with Gasteiger partial charge in [-0.3, -0.25) is 14.9 Å². The molecule has 0 unspecified atom stereocenters. The van der Waals surface area contributed by atoms with Gasteiger partial charge in [0, 0.05) is 18.7 Å². The number of carbonyl (C=O) groups excluding carboxylic acids is 2. The first kappa shape index (κ1) is 17.4. The summed E-state index contributed by atoms with van der Waals surface area (Å²) in [7, 11) is 0. The summed E-state index contributed by atoms with van der Waals surface area (Å²) in [6.45, 7) is 5.79. The van der Waals surface area contributed by atoms with Crippen molar-refractivity contribution >= 4 is 23.3 Å². The van der Waals surface area contributed by atoms with Gasteiger partial charge in [-0.25, -0.2) is 4.79 Å². The molecule has 0 radical (unpaired) electrons. The van der Waals surface area contributed by atoms with Gasteiger partial charge in [-0.2, -0.15) is 0 Å². The number of nitro groups is 1. The average molecular weight is 309 g/mol. The number of nitrogens with two attached hydrogens (primary N) is 1. The smallest absolute Gasteiger partial charge is 0.341 e. The Morgan fingerprint density at radius 1 is 1.36 bits per heavy atom. The summed E-state index contributed by atoms with van der Waals surface area (Å²) in [5.74, 6) is -0.945. The van der Waals surface area contributed by atoms with Crippen molar-refractivity contribution < 1.29 is 19.2 Å². The van der Waals surface area contributed by atoms with E-state index in [1.807, 2.05) is 13.8 Å². The Labute approximate surface area is 127 Å². The molecule has 0 aromatic heterocycles. The Bertz CT molecular complexity index is 586. The Morgan fingerprint density at radius 3 is 2.50 bits per heavy atom. The summed E-state index contributed by atoms with van der Waals surface area (Å²) in [6.07, 6.45) is -0.985. The van der Waals surface area contributed by atoms with Gasteiger partial charge < -0.3 is 15.8 Å². The number of hydrogen-bond donors (Lipinski definition) is 2. The molecule has 0 aliphatic heterocycles. The van der Waals surface area contributed by atoms with E-state index in [2.05, 4.69) is 5.32 Å². The number of nitrogen functional groups attached to an aromatic ring is 1. The quantitative estimate of drug-likeness (QED) is 0.355. The van der Waals surface area contributed by atoms with Crippen molar-refractivity contribution in [3.05, 3.63) is 33.9 Å². The van der Waals surface area contributed by atoms with Crippen molar-refractivity contribution in [1.82, 2.24) is 5.32 Å². The van der Waals surface area contributed by atoms with E-state index in [9.17, 15) is 19.7 Å². The molecular formula is C14H19N3O5. The second kappa shape index (κ2) is 7.39. The van der Waals surface area contributed by atoms with E-state index in [0.29, 0.717) is 6.54 Å². The zero-order chi connectivity index (χ0) is 16.9. The highest BCUT2D eigenvalue weighted by atomic mass is 16.6. The SMILES string of the molecule is CC(C)CNC(=O)[C@H](C)OC(=O)c1ccc([N+](=O)[O-])cc1N. The van der Waals surface area contributed by atoms with E-state index in [-0.39, 0.29) is 22.9 Å². The van der Waals surface area contributed by atoms with Crippen LogP contribution >= 0.6 is 0 Å². The van der Waals surface area contributed by atoms with Gasteiger partial charge in [0.15, 0.2) is 6.10 Å². The zero-order valence-corrected chi connectivity index (χ0v) is 12.7. The van der Waals surface area contributed by atoms with Crippen molar-refractivity contribution in [1.29, 1.82) is 0 Å². The van der Waals surface area contributed by atoms with Crippen LogP contribution < -0.4 is 11.1 Å². The van der Waals surface area contributed by atoms with Gasteiger partial charge in [0.1, 0.15) is 0 Å². The van der Waals surface area contributed by atoms with Crippen LogP contribution in [0.4, 0.5) is 11.4 Å². The first-order chi connectivity index (χ1) is 10.2. The molecule has 1 rings (SSSR count). The van der Waals surface area contributed by atoms with Gasteiger partial charge in [0.05, 0.1) is 16.2 Å². The van der Waals surface area contributed by atoms with Gasteiger partial charge in [-0.15, -0.1) is 0 Å². The first-order valence-electron chi connectivity index (χ1n) is 6.75. The highest BCUT2D eigenvalue weighted by Gasteiger charge is 2.21. The molecule has 1 aromatic rings. The minimum atomic E-state index is -0.985. The van der Waals surface area contributed by atoms with Crippen molar-refractivity contribution in [2.45, 2.75) is 26.9 Å². The third kappa shape index (κ3) is 4.72. The Hall–Kier alpha value is -2.64. The lowest BCUT2D eigenvalue weighted by Gasteiger charge is -2.15. The summed E-state index contributed by atoms with van der Waals surface area (Å²) in [5.41, 5.74) is 5.28. The molecule has 22 heavy (non-hydrogen) atoms. The van der Waals surface area contributed by atoms with Crippen LogP contribution in [0.25, 0.3) is 0 Å². The van der Waals surface area contributed by atoms with E-state index < -0.39 is 22.9 Å². The fraction of sp³-hybridized carbons (Fsp3) is 0.429. The van der Waals surface area contributed by atoms with Crippen LogP contribution in [0.3, 0.4) is 0 Å². The molecule has 8 heteroatoms. The van der Waals surface area contributed by atoms with Gasteiger partial charge in [0.25, 0.3) is 11.6 Å². The van der Waals surface area contributed by atoms with Crippen LogP contribution in [0, 0.1) is 16.0 Å². The number of benzene rings is 1. The molecule has 8 nitrogen and oxygen atoms in total. The highest BCUT2D eigenvalue weighted by Crippen LogP contribution is 2.20. The minimum Gasteiger partial charge on any atom is -0.449 e. The maximum atomic E-state index is 11.9. The van der Waals surface area contributed by atoms with Gasteiger partial charge >= 0.3 is 5.97 Å². The third-order valence-corrected chi connectivity index (χ3v) is 2.80. The van der Waals surface area contributed by atoms with E-state index in [0.717, 1.165) is 12.1 Å². The van der Waals surface area contributed by atoms with E-state index in [1.165, 1.54) is 13.0 Å². The van der Waals surface area contributed by atoms with E-state index in [4.69, 9.17) is 10.5 Å². The fourth-order valence-electron chi connectivity index (χ4n) is 1.58.